The van der Waals surface area contributed by atoms with Gasteiger partial charge in [0.15, 0.2) is 5.78 Å². The molecule has 2 aromatic carbocycles. The van der Waals surface area contributed by atoms with Crippen LogP contribution in [0.25, 0.3) is 11.0 Å². The van der Waals surface area contributed by atoms with Gasteiger partial charge < -0.3 is 23.9 Å². The summed E-state index contributed by atoms with van der Waals surface area (Å²) in [4.78, 5) is 11.7. The van der Waals surface area contributed by atoms with E-state index in [1.54, 1.807) is 19.9 Å². The van der Waals surface area contributed by atoms with E-state index in [-0.39, 0.29) is 35.6 Å². The van der Waals surface area contributed by atoms with E-state index in [1.807, 2.05) is 0 Å². The lowest BCUT2D eigenvalue weighted by Crippen LogP contribution is -2.15. The molecule has 0 aliphatic rings. The number of hydrogen-bond acceptors (Lipinski definition) is 7. The molecule has 0 spiro atoms. The summed E-state index contributed by atoms with van der Waals surface area (Å²) in [5, 5.41) is 12.5. The van der Waals surface area contributed by atoms with Crippen molar-refractivity contribution in [1.82, 2.24) is 0 Å². The first-order valence-electron chi connectivity index (χ1n) is 9.66. The molecule has 0 amide bonds. The van der Waals surface area contributed by atoms with Crippen LogP contribution in [0.15, 0.2) is 57.7 Å². The third-order valence-electron chi connectivity index (χ3n) is 4.47. The summed E-state index contributed by atoms with van der Waals surface area (Å²) in [7, 11) is -3.84. The number of aromatic hydroxyl groups is 1. The third kappa shape index (κ3) is 5.15. The zero-order valence-electron chi connectivity index (χ0n) is 17.2. The van der Waals surface area contributed by atoms with E-state index in [2.05, 4.69) is 5.32 Å². The van der Waals surface area contributed by atoms with Crippen LogP contribution in [0, 0.1) is 0 Å². The number of fused-ring (bicyclic) bond motifs is 1. The first-order valence-corrected chi connectivity index (χ1v) is 11.3. The minimum Gasteiger partial charge on any atom is -0.508 e. The van der Waals surface area contributed by atoms with Gasteiger partial charge in [0.2, 0.25) is 0 Å². The van der Waals surface area contributed by atoms with Gasteiger partial charge in [-0.2, -0.15) is 13.2 Å². The van der Waals surface area contributed by atoms with Gasteiger partial charge in [-0.3, -0.25) is 4.57 Å². The molecule has 2 N–H and O–H groups in total. The van der Waals surface area contributed by atoms with Gasteiger partial charge >= 0.3 is 19.4 Å². The summed E-state index contributed by atoms with van der Waals surface area (Å²) >= 11 is 0. The van der Waals surface area contributed by atoms with Gasteiger partial charge in [0, 0.05) is 23.2 Å². The van der Waals surface area contributed by atoms with Crippen molar-refractivity contribution in [3.8, 4) is 5.75 Å². The van der Waals surface area contributed by atoms with Crippen LogP contribution in [0.5, 0.6) is 5.75 Å². The van der Waals surface area contributed by atoms with E-state index < -0.39 is 30.7 Å². The standard InChI is InChI=1S/C21H21F3NO6P/c1-3-29-32(28,30-4-2)20(13-6-5-7-15(26)10-13)25-14-8-9-16-17(21(22,23)24)12-19(27)31-18(16)11-14/h5-12,20,25-26H,3-4H2,1-2H3. The summed E-state index contributed by atoms with van der Waals surface area (Å²) < 4.78 is 69.3. The second-order valence-electron chi connectivity index (χ2n) is 6.71. The molecule has 3 aromatic rings. The average Bonchev–Trinajstić information content (AvgIpc) is 2.70. The zero-order valence-corrected chi connectivity index (χ0v) is 18.1. The molecular formula is C21H21F3NO6P. The van der Waals surface area contributed by atoms with Crippen LogP contribution in [0.2, 0.25) is 0 Å². The molecule has 1 aromatic heterocycles. The van der Waals surface area contributed by atoms with Gasteiger partial charge in [-0.25, -0.2) is 4.79 Å². The number of hydrogen-bond donors (Lipinski definition) is 2. The fraction of sp³-hybridized carbons (Fsp3) is 0.286. The normalized spacial score (nSPS) is 13.3. The fourth-order valence-corrected chi connectivity index (χ4v) is 5.16. The molecule has 0 aliphatic heterocycles. The fourth-order valence-electron chi connectivity index (χ4n) is 3.23. The summed E-state index contributed by atoms with van der Waals surface area (Å²) in [6.07, 6.45) is -4.74. The predicted molar refractivity (Wildman–Crippen MR) is 113 cm³/mol. The lowest BCUT2D eigenvalue weighted by molar-refractivity contribution is -0.136. The number of phenolic OH excluding ortho intramolecular Hbond substituents is 1. The first-order chi connectivity index (χ1) is 15.1. The molecule has 172 valence electrons. The highest BCUT2D eigenvalue weighted by atomic mass is 31.2. The number of rotatable bonds is 8. The molecule has 0 aliphatic carbocycles. The summed E-state index contributed by atoms with van der Waals surface area (Å²) in [6, 6.07) is 9.99. The molecule has 1 atom stereocenters. The van der Waals surface area contributed by atoms with Gasteiger partial charge in [-0.1, -0.05) is 12.1 Å². The molecule has 0 fully saturated rings. The second-order valence-corrected chi connectivity index (χ2v) is 8.82. The summed E-state index contributed by atoms with van der Waals surface area (Å²) in [6.45, 7) is 3.40. The lowest BCUT2D eigenvalue weighted by Gasteiger charge is -2.28. The monoisotopic (exact) mass is 471 g/mol. The number of phenols is 1. The van der Waals surface area contributed by atoms with Crippen LogP contribution in [0.3, 0.4) is 0 Å². The molecular weight excluding hydrogens is 450 g/mol. The van der Waals surface area contributed by atoms with Crippen molar-refractivity contribution >= 4 is 24.3 Å². The number of anilines is 1. The lowest BCUT2D eigenvalue weighted by atomic mass is 10.1. The molecule has 0 saturated heterocycles. The van der Waals surface area contributed by atoms with Crippen molar-refractivity contribution in [2.24, 2.45) is 0 Å². The Labute approximate surface area is 181 Å². The summed E-state index contributed by atoms with van der Waals surface area (Å²) in [5.41, 5.74) is -2.00. The van der Waals surface area contributed by atoms with E-state index in [1.165, 1.54) is 30.3 Å². The Hall–Kier alpha value is -2.81. The Morgan fingerprint density at radius 2 is 1.78 bits per heavy atom. The highest BCUT2D eigenvalue weighted by Crippen LogP contribution is 2.61. The molecule has 3 rings (SSSR count). The maximum atomic E-state index is 13.5. The molecule has 0 bridgehead atoms. The van der Waals surface area contributed by atoms with Crippen LogP contribution in [-0.2, 0) is 19.8 Å². The highest BCUT2D eigenvalue weighted by Gasteiger charge is 2.38. The van der Waals surface area contributed by atoms with E-state index in [0.29, 0.717) is 11.6 Å². The van der Waals surface area contributed by atoms with Crippen molar-refractivity contribution in [3.05, 3.63) is 70.1 Å². The van der Waals surface area contributed by atoms with E-state index in [9.17, 15) is 27.6 Å². The quantitative estimate of drug-likeness (QED) is 0.312. The molecule has 32 heavy (non-hydrogen) atoms. The number of alkyl halides is 3. The van der Waals surface area contributed by atoms with Crippen LogP contribution in [0.4, 0.5) is 18.9 Å². The van der Waals surface area contributed by atoms with Crippen molar-refractivity contribution < 1.29 is 36.3 Å². The molecule has 0 radical (unpaired) electrons. The van der Waals surface area contributed by atoms with Crippen molar-refractivity contribution in [2.45, 2.75) is 25.8 Å². The van der Waals surface area contributed by atoms with Gasteiger partial charge in [0.05, 0.1) is 18.8 Å². The third-order valence-corrected chi connectivity index (χ3v) is 6.77. The smallest absolute Gasteiger partial charge is 0.417 e. The summed E-state index contributed by atoms with van der Waals surface area (Å²) in [5.74, 6) is -1.20. The average molecular weight is 471 g/mol. The Balaban J connectivity index is 2.11. The van der Waals surface area contributed by atoms with E-state index in [4.69, 9.17) is 13.5 Å². The van der Waals surface area contributed by atoms with Crippen LogP contribution < -0.4 is 10.9 Å². The van der Waals surface area contributed by atoms with Crippen molar-refractivity contribution in [1.29, 1.82) is 0 Å². The highest BCUT2D eigenvalue weighted by molar-refractivity contribution is 7.54. The Bertz CT molecular complexity index is 1200. The Morgan fingerprint density at radius 1 is 1.09 bits per heavy atom. The van der Waals surface area contributed by atoms with Crippen LogP contribution in [0.1, 0.15) is 30.8 Å². The topological polar surface area (TPSA) is 98.0 Å². The van der Waals surface area contributed by atoms with Crippen molar-refractivity contribution in [3.63, 3.8) is 0 Å². The Kier molecular flexibility index (Phi) is 6.97. The number of nitrogens with one attached hydrogen (secondary N) is 1. The first kappa shape index (κ1) is 23.8. The van der Waals surface area contributed by atoms with E-state index >= 15 is 0 Å². The van der Waals surface area contributed by atoms with Gasteiger partial charge in [-0.15, -0.1) is 0 Å². The largest absolute Gasteiger partial charge is 0.508 e. The molecule has 0 saturated carbocycles. The predicted octanol–water partition coefficient (Wildman–Crippen LogP) is 5.89. The van der Waals surface area contributed by atoms with Crippen molar-refractivity contribution in [2.75, 3.05) is 18.5 Å². The minimum absolute atomic E-state index is 0.0653. The van der Waals surface area contributed by atoms with Gasteiger partial charge in [-0.05, 0) is 43.7 Å². The number of benzene rings is 2. The molecule has 1 heterocycles. The molecule has 1 unspecified atom stereocenters. The zero-order chi connectivity index (χ0) is 23.5. The second kappa shape index (κ2) is 9.36. The minimum atomic E-state index is -4.74. The molecule has 7 nitrogen and oxygen atoms in total. The maximum Gasteiger partial charge on any atom is 0.417 e. The SMILES string of the molecule is CCOP(=O)(OCC)C(Nc1ccc2c(C(F)(F)F)cc(=O)oc2c1)c1cccc(O)c1. The molecule has 11 heteroatoms. The Morgan fingerprint density at radius 3 is 2.38 bits per heavy atom. The van der Waals surface area contributed by atoms with Crippen LogP contribution in [-0.4, -0.2) is 18.3 Å². The number of halogens is 3. The van der Waals surface area contributed by atoms with Gasteiger partial charge in [0.25, 0.3) is 0 Å². The van der Waals surface area contributed by atoms with Crippen LogP contribution >= 0.6 is 7.60 Å². The van der Waals surface area contributed by atoms with E-state index in [0.717, 1.165) is 6.07 Å². The van der Waals surface area contributed by atoms with Gasteiger partial charge in [0.1, 0.15) is 11.3 Å². The maximum absolute atomic E-state index is 13.5.